The third-order valence-corrected chi connectivity index (χ3v) is 7.60. The lowest BCUT2D eigenvalue weighted by molar-refractivity contribution is -0.413. The largest absolute Gasteiger partial charge is 0.404 e. The normalized spacial score (nSPS) is 26.2. The Kier molecular flexibility index (Phi) is 7.41. The first-order valence-electron chi connectivity index (χ1n) is 10.7. The second kappa shape index (κ2) is 10.0. The second-order valence-electron chi connectivity index (χ2n) is 8.32. The van der Waals surface area contributed by atoms with Crippen LogP contribution < -0.4 is 16.5 Å². The molecule has 8 heteroatoms. The molecule has 0 radical (unpaired) electrons. The molecule has 2 unspecified atom stereocenters. The molecule has 2 heterocycles. The molecule has 2 aliphatic rings. The number of hydrogen-bond donors (Lipinski definition) is 3. The van der Waals surface area contributed by atoms with Crippen molar-refractivity contribution in [2.75, 3.05) is 19.8 Å². The van der Waals surface area contributed by atoms with E-state index in [1.807, 2.05) is 44.5 Å². The van der Waals surface area contributed by atoms with Crippen molar-refractivity contribution < 1.29 is 9.79 Å². The summed E-state index contributed by atoms with van der Waals surface area (Å²) < 4.78 is 0. The van der Waals surface area contributed by atoms with Gasteiger partial charge in [-0.25, -0.2) is 4.99 Å². The van der Waals surface area contributed by atoms with E-state index in [1.165, 1.54) is 4.90 Å². The Morgan fingerprint density at radius 3 is 2.97 bits per heavy atom. The van der Waals surface area contributed by atoms with Gasteiger partial charge in [-0.15, -0.1) is 11.8 Å². The van der Waals surface area contributed by atoms with Crippen molar-refractivity contribution in [2.24, 2.45) is 22.4 Å². The van der Waals surface area contributed by atoms with Crippen LogP contribution in [-0.4, -0.2) is 48.4 Å². The first-order valence-corrected chi connectivity index (χ1v) is 11.7. The topological polar surface area (TPSA) is 122 Å². The maximum absolute atomic E-state index is 13.2. The first-order chi connectivity index (χ1) is 15.3. The van der Waals surface area contributed by atoms with Gasteiger partial charge in [-0.3, -0.25) is 14.7 Å². The number of nitriles is 1. The van der Waals surface area contributed by atoms with Gasteiger partial charge in [-0.2, -0.15) is 5.26 Å². The Morgan fingerprint density at radius 1 is 1.50 bits per heavy atom. The van der Waals surface area contributed by atoms with E-state index in [0.717, 1.165) is 34.6 Å². The fourth-order valence-electron chi connectivity index (χ4n) is 4.31. The third-order valence-electron chi connectivity index (χ3n) is 6.21. The Labute approximate surface area is 194 Å². The van der Waals surface area contributed by atoms with Crippen LogP contribution in [0.4, 0.5) is 0 Å². The molecule has 5 N–H and O–H groups in total. The Morgan fingerprint density at radius 2 is 2.28 bits per heavy atom. The number of nitrogens with two attached hydrogens (primary N) is 2. The summed E-state index contributed by atoms with van der Waals surface area (Å²) in [5.41, 5.74) is 13.9. The van der Waals surface area contributed by atoms with Gasteiger partial charge < -0.3 is 11.5 Å². The maximum Gasteiger partial charge on any atom is 0.234 e. The average molecular weight is 452 g/mol. The van der Waals surface area contributed by atoms with Gasteiger partial charge in [0, 0.05) is 35.4 Å². The van der Waals surface area contributed by atoms with Crippen LogP contribution in [0.1, 0.15) is 43.2 Å². The minimum atomic E-state index is -0.709. The number of amides is 1. The summed E-state index contributed by atoms with van der Waals surface area (Å²) in [6.45, 7) is 2.02. The summed E-state index contributed by atoms with van der Waals surface area (Å²) in [5, 5.41) is 9.23. The number of guanidine groups is 1. The number of aliphatic imine (C=N–C) groups is 1. The predicted octanol–water partition coefficient (Wildman–Crippen LogP) is 1.23. The van der Waals surface area contributed by atoms with Gasteiger partial charge in [0.25, 0.3) is 0 Å². The van der Waals surface area contributed by atoms with Crippen LogP contribution >= 0.6 is 11.8 Å². The molecule has 7 nitrogen and oxygen atoms in total. The molecule has 2 aliphatic heterocycles. The molecule has 0 spiro atoms. The molecule has 0 fully saturated rings. The number of nitrogens with zero attached hydrogens (tertiary/aromatic N) is 3. The Hall–Kier alpha value is -3.05. The van der Waals surface area contributed by atoms with Crippen LogP contribution in [0.25, 0.3) is 0 Å². The van der Waals surface area contributed by atoms with Gasteiger partial charge >= 0.3 is 0 Å². The molecule has 1 aromatic rings. The smallest absolute Gasteiger partial charge is 0.234 e. The van der Waals surface area contributed by atoms with Crippen molar-refractivity contribution in [1.82, 2.24) is 4.90 Å². The zero-order valence-corrected chi connectivity index (χ0v) is 19.7. The number of nitrogens with one attached hydrogen (secondary N) is 1. The van der Waals surface area contributed by atoms with Crippen LogP contribution in [0.15, 0.2) is 52.0 Å². The maximum atomic E-state index is 13.2. The minimum Gasteiger partial charge on any atom is -0.404 e. The standard InChI is InChI=1S/C24H30N6OS/c1-24(21-11-19(15-32-21)18-8-4-6-16(10-18)12-25)20(22(31)30(3)23(27)29-24)9-5-7-17(13-26)14-28-2/h4,6,8,10-11,13-14,19-20H,5,7,9,15,26H2,1-3H3,(H2,27,29)/p+1/t19?,20?,24-/m0/s1. The lowest BCUT2D eigenvalue weighted by atomic mass is 9.78. The summed E-state index contributed by atoms with van der Waals surface area (Å²) in [5.74, 6) is 0.951. The number of allylic oxidation sites excluding steroid dienone is 2. The van der Waals surface area contributed by atoms with E-state index in [-0.39, 0.29) is 23.7 Å². The fraction of sp³-hybridized carbons (Fsp3) is 0.417. The first kappa shape index (κ1) is 23.6. The minimum absolute atomic E-state index is 0.00713. The molecule has 0 saturated carbocycles. The molecule has 1 amide bonds. The average Bonchev–Trinajstić information content (AvgIpc) is 3.30. The molecule has 0 aliphatic carbocycles. The molecule has 3 rings (SSSR count). The van der Waals surface area contributed by atoms with Gasteiger partial charge in [0.2, 0.25) is 5.91 Å². The quantitative estimate of drug-likeness (QED) is 0.538. The zero-order chi connectivity index (χ0) is 23.3. The highest BCUT2D eigenvalue weighted by atomic mass is 32.2. The number of thioether (sulfide) groups is 1. The van der Waals surface area contributed by atoms with Crippen molar-refractivity contribution >= 4 is 29.8 Å². The molecule has 32 heavy (non-hydrogen) atoms. The summed E-state index contributed by atoms with van der Waals surface area (Å²) in [4.78, 5) is 23.6. The van der Waals surface area contributed by atoms with Crippen LogP contribution in [0.3, 0.4) is 0 Å². The van der Waals surface area contributed by atoms with Crippen molar-refractivity contribution in [3.05, 3.63) is 58.1 Å². The second-order valence-corrected chi connectivity index (χ2v) is 9.38. The van der Waals surface area contributed by atoms with Crippen molar-refractivity contribution in [2.45, 2.75) is 37.6 Å². The zero-order valence-electron chi connectivity index (χ0n) is 18.8. The van der Waals surface area contributed by atoms with E-state index in [9.17, 15) is 10.1 Å². The molecule has 0 aromatic heterocycles. The fourth-order valence-corrected chi connectivity index (χ4v) is 5.70. The van der Waals surface area contributed by atoms with Gasteiger partial charge in [-0.1, -0.05) is 18.2 Å². The molecule has 0 bridgehead atoms. The van der Waals surface area contributed by atoms with Gasteiger partial charge in [-0.05, 0) is 43.9 Å². The van der Waals surface area contributed by atoms with Crippen molar-refractivity contribution in [3.8, 4) is 6.07 Å². The molecule has 0 saturated heterocycles. The van der Waals surface area contributed by atoms with Crippen molar-refractivity contribution in [3.63, 3.8) is 0 Å². The van der Waals surface area contributed by atoms with Gasteiger partial charge in [0.05, 0.1) is 17.6 Å². The van der Waals surface area contributed by atoms with Crippen LogP contribution in [0.5, 0.6) is 0 Å². The number of carbonyl (C=O) groups excluding carboxylic acids is 1. The summed E-state index contributed by atoms with van der Waals surface area (Å²) >= 11 is 1.72. The van der Waals surface area contributed by atoms with Gasteiger partial charge in [0.1, 0.15) is 12.6 Å². The lowest BCUT2D eigenvalue weighted by Crippen LogP contribution is -2.63. The monoisotopic (exact) mass is 451 g/mol. The third kappa shape index (κ3) is 4.73. The van der Waals surface area contributed by atoms with E-state index < -0.39 is 5.54 Å². The Balaban J connectivity index is 1.88. The molecular weight excluding hydrogens is 420 g/mol. The lowest BCUT2D eigenvalue weighted by Gasteiger charge is -2.41. The SMILES string of the molecule is C[NH+]=CC(=CN)CCCC1C(=O)N(C)C(N)=N[C@]1(C)C1=CC(c2cccc(C#N)c2)CS1. The van der Waals surface area contributed by atoms with E-state index in [1.54, 1.807) is 25.0 Å². The van der Waals surface area contributed by atoms with E-state index in [4.69, 9.17) is 16.5 Å². The van der Waals surface area contributed by atoms with Crippen molar-refractivity contribution in [1.29, 1.82) is 5.26 Å². The highest BCUT2D eigenvalue weighted by molar-refractivity contribution is 8.03. The van der Waals surface area contributed by atoms with Crippen LogP contribution in [0.2, 0.25) is 0 Å². The highest BCUT2D eigenvalue weighted by Gasteiger charge is 2.48. The molecule has 3 atom stereocenters. The van der Waals surface area contributed by atoms with E-state index >= 15 is 0 Å². The Bertz CT molecular complexity index is 1040. The summed E-state index contributed by atoms with van der Waals surface area (Å²) in [6, 6.07) is 9.90. The number of benzene rings is 1. The molecule has 1 aromatic carbocycles. The number of rotatable bonds is 7. The molecular formula is C24H31N6OS+. The number of hydrogen-bond acceptors (Lipinski definition) is 6. The van der Waals surface area contributed by atoms with E-state index in [2.05, 4.69) is 17.1 Å². The highest BCUT2D eigenvalue weighted by Crippen LogP contribution is 2.48. The van der Waals surface area contributed by atoms with Crippen LogP contribution in [-0.2, 0) is 4.79 Å². The summed E-state index contributed by atoms with van der Waals surface area (Å²) in [7, 11) is 3.52. The summed E-state index contributed by atoms with van der Waals surface area (Å²) in [6.07, 6.45) is 7.93. The number of carbonyl (C=O) groups is 1. The van der Waals surface area contributed by atoms with Gasteiger partial charge in [0.15, 0.2) is 12.2 Å². The molecule has 168 valence electrons. The predicted molar refractivity (Wildman–Crippen MR) is 130 cm³/mol. The van der Waals surface area contributed by atoms with E-state index in [0.29, 0.717) is 12.0 Å². The van der Waals surface area contributed by atoms with Crippen LogP contribution in [0, 0.1) is 17.2 Å².